The van der Waals surface area contributed by atoms with E-state index in [0.717, 1.165) is 6.42 Å². The Bertz CT molecular complexity index is 549. The van der Waals surface area contributed by atoms with E-state index in [2.05, 4.69) is 36.4 Å². The zero-order valence-electron chi connectivity index (χ0n) is 11.5. The van der Waals surface area contributed by atoms with Gasteiger partial charge in [-0.2, -0.15) is 11.8 Å². The van der Waals surface area contributed by atoms with Crippen LogP contribution in [0.15, 0.2) is 54.6 Å². The number of hydrogen-bond donors (Lipinski definition) is 1. The number of thioether (sulfide) groups is 1. The van der Waals surface area contributed by atoms with E-state index < -0.39 is 5.97 Å². The van der Waals surface area contributed by atoms with Gasteiger partial charge in [0.25, 0.3) is 0 Å². The minimum Gasteiger partial charge on any atom is -0.480 e. The molecule has 0 saturated carbocycles. The number of carbonyl (C=O) groups is 1. The molecule has 1 unspecified atom stereocenters. The maximum absolute atomic E-state index is 11.0. The summed E-state index contributed by atoms with van der Waals surface area (Å²) in [6.07, 6.45) is 3.31. The lowest BCUT2D eigenvalue weighted by Crippen LogP contribution is -2.16. The summed E-state index contributed by atoms with van der Waals surface area (Å²) in [6, 6.07) is 18.6. The van der Waals surface area contributed by atoms with Crippen LogP contribution in [0.25, 0.3) is 11.1 Å². The smallest absolute Gasteiger partial charge is 0.316 e. The summed E-state index contributed by atoms with van der Waals surface area (Å²) in [7, 11) is 0. The van der Waals surface area contributed by atoms with Gasteiger partial charge in [-0.3, -0.25) is 4.79 Å². The molecule has 2 aromatic carbocycles. The molecule has 3 heteroatoms. The van der Waals surface area contributed by atoms with Gasteiger partial charge in [0, 0.05) is 0 Å². The summed E-state index contributed by atoms with van der Waals surface area (Å²) >= 11 is 1.40. The summed E-state index contributed by atoms with van der Waals surface area (Å²) in [5.41, 5.74) is 3.57. The van der Waals surface area contributed by atoms with Crippen LogP contribution in [0, 0.1) is 0 Å². The van der Waals surface area contributed by atoms with Gasteiger partial charge in [-0.15, -0.1) is 0 Å². The van der Waals surface area contributed by atoms with E-state index in [4.69, 9.17) is 5.11 Å². The molecule has 104 valence electrons. The van der Waals surface area contributed by atoms with Crippen LogP contribution in [0.1, 0.15) is 12.0 Å². The van der Waals surface area contributed by atoms with Crippen LogP contribution in [0.5, 0.6) is 0 Å². The third kappa shape index (κ3) is 3.87. The van der Waals surface area contributed by atoms with Gasteiger partial charge in [0.1, 0.15) is 5.25 Å². The van der Waals surface area contributed by atoms with Crippen molar-refractivity contribution in [1.29, 1.82) is 0 Å². The quantitative estimate of drug-likeness (QED) is 0.868. The number of benzene rings is 2. The first-order valence-corrected chi connectivity index (χ1v) is 7.89. The molecule has 1 N–H and O–H groups in total. The highest BCUT2D eigenvalue weighted by atomic mass is 32.2. The fourth-order valence-electron chi connectivity index (χ4n) is 2.13. The Morgan fingerprint density at radius 2 is 1.65 bits per heavy atom. The third-order valence-corrected chi connectivity index (χ3v) is 4.32. The van der Waals surface area contributed by atoms with E-state index in [1.54, 1.807) is 0 Å². The van der Waals surface area contributed by atoms with Crippen LogP contribution in [0.2, 0.25) is 0 Å². The van der Waals surface area contributed by atoms with Crippen LogP contribution >= 0.6 is 11.8 Å². The van der Waals surface area contributed by atoms with E-state index in [-0.39, 0.29) is 5.25 Å². The molecule has 0 aromatic heterocycles. The zero-order chi connectivity index (χ0) is 14.4. The van der Waals surface area contributed by atoms with Crippen molar-refractivity contribution in [3.63, 3.8) is 0 Å². The van der Waals surface area contributed by atoms with Crippen LogP contribution in [0.4, 0.5) is 0 Å². The number of aryl methyl sites for hydroxylation is 1. The number of rotatable bonds is 6. The number of aliphatic carboxylic acids is 1. The number of hydrogen-bond acceptors (Lipinski definition) is 2. The van der Waals surface area contributed by atoms with Crippen LogP contribution < -0.4 is 0 Å². The van der Waals surface area contributed by atoms with Gasteiger partial charge in [0.05, 0.1) is 0 Å². The molecule has 1 atom stereocenters. The lowest BCUT2D eigenvalue weighted by Gasteiger charge is -2.09. The summed E-state index contributed by atoms with van der Waals surface area (Å²) < 4.78 is 0. The molecule has 0 heterocycles. The zero-order valence-corrected chi connectivity index (χ0v) is 12.3. The molecule has 2 nitrogen and oxygen atoms in total. The van der Waals surface area contributed by atoms with Crippen molar-refractivity contribution in [1.82, 2.24) is 0 Å². The van der Waals surface area contributed by atoms with Crippen molar-refractivity contribution in [2.45, 2.75) is 18.1 Å². The van der Waals surface area contributed by atoms with Crippen LogP contribution in [-0.2, 0) is 11.2 Å². The van der Waals surface area contributed by atoms with E-state index in [1.165, 1.54) is 28.5 Å². The maximum Gasteiger partial charge on any atom is 0.316 e. The number of carboxylic acid groups (broad SMARTS) is 1. The van der Waals surface area contributed by atoms with Gasteiger partial charge >= 0.3 is 5.97 Å². The predicted molar refractivity (Wildman–Crippen MR) is 85.1 cm³/mol. The Morgan fingerprint density at radius 1 is 1.05 bits per heavy atom. The largest absolute Gasteiger partial charge is 0.480 e. The molecule has 0 fully saturated rings. The Morgan fingerprint density at radius 3 is 2.20 bits per heavy atom. The molecule has 0 amide bonds. The second kappa shape index (κ2) is 7.15. The maximum atomic E-state index is 11.0. The molecule has 0 saturated heterocycles. The fraction of sp³-hybridized carbons (Fsp3) is 0.235. The van der Waals surface area contributed by atoms with Gasteiger partial charge in [0.2, 0.25) is 0 Å². The van der Waals surface area contributed by atoms with E-state index in [0.29, 0.717) is 6.42 Å². The van der Waals surface area contributed by atoms with Crippen LogP contribution in [0.3, 0.4) is 0 Å². The van der Waals surface area contributed by atoms with E-state index >= 15 is 0 Å². The molecule has 0 aliphatic heterocycles. The first kappa shape index (κ1) is 14.7. The summed E-state index contributed by atoms with van der Waals surface area (Å²) in [5.74, 6) is -0.724. The highest BCUT2D eigenvalue weighted by Gasteiger charge is 2.15. The Labute approximate surface area is 123 Å². The molecular formula is C17H18O2S. The second-order valence-corrected chi connectivity index (χ2v) is 5.70. The topological polar surface area (TPSA) is 37.3 Å². The van der Waals surface area contributed by atoms with Gasteiger partial charge in [0.15, 0.2) is 0 Å². The summed E-state index contributed by atoms with van der Waals surface area (Å²) in [6.45, 7) is 0. The molecule has 0 aliphatic carbocycles. The SMILES string of the molecule is CSC(CCc1ccc(-c2ccccc2)cc1)C(=O)O. The van der Waals surface area contributed by atoms with Crippen molar-refractivity contribution in [2.24, 2.45) is 0 Å². The van der Waals surface area contributed by atoms with Crippen molar-refractivity contribution in [2.75, 3.05) is 6.26 Å². The first-order valence-electron chi connectivity index (χ1n) is 6.60. The van der Waals surface area contributed by atoms with Crippen molar-refractivity contribution in [3.8, 4) is 11.1 Å². The van der Waals surface area contributed by atoms with Crippen LogP contribution in [-0.4, -0.2) is 22.6 Å². The lowest BCUT2D eigenvalue weighted by molar-refractivity contribution is -0.136. The minimum absolute atomic E-state index is 0.316. The highest BCUT2D eigenvalue weighted by molar-refractivity contribution is 7.99. The normalized spacial score (nSPS) is 12.1. The average Bonchev–Trinajstić information content (AvgIpc) is 2.49. The van der Waals surface area contributed by atoms with Crippen molar-refractivity contribution < 1.29 is 9.90 Å². The summed E-state index contributed by atoms with van der Waals surface area (Å²) in [5, 5.41) is 8.71. The fourth-order valence-corrected chi connectivity index (χ4v) is 2.69. The monoisotopic (exact) mass is 286 g/mol. The van der Waals surface area contributed by atoms with E-state index in [1.807, 2.05) is 24.5 Å². The molecule has 0 spiro atoms. The Kier molecular flexibility index (Phi) is 5.24. The van der Waals surface area contributed by atoms with Gasteiger partial charge in [-0.05, 0) is 35.8 Å². The van der Waals surface area contributed by atoms with Gasteiger partial charge in [-0.25, -0.2) is 0 Å². The Hall–Kier alpha value is -1.74. The van der Waals surface area contributed by atoms with Crippen molar-refractivity contribution >= 4 is 17.7 Å². The van der Waals surface area contributed by atoms with Gasteiger partial charge in [-0.1, -0.05) is 54.6 Å². The first-order chi connectivity index (χ1) is 9.70. The molecule has 0 aliphatic rings. The standard InChI is InChI=1S/C17H18O2S/c1-20-16(17(18)19)12-9-13-7-10-15(11-8-13)14-5-3-2-4-6-14/h2-8,10-11,16H,9,12H2,1H3,(H,18,19). The second-order valence-electron chi connectivity index (χ2n) is 4.66. The third-order valence-electron chi connectivity index (χ3n) is 3.32. The minimum atomic E-state index is -0.724. The predicted octanol–water partition coefficient (Wildman–Crippen LogP) is 4.10. The molecule has 20 heavy (non-hydrogen) atoms. The Balaban J connectivity index is 2.00. The summed E-state index contributed by atoms with van der Waals surface area (Å²) in [4.78, 5) is 11.0. The molecular weight excluding hydrogens is 268 g/mol. The molecule has 2 rings (SSSR count). The molecule has 2 aromatic rings. The highest BCUT2D eigenvalue weighted by Crippen LogP contribution is 2.21. The van der Waals surface area contributed by atoms with E-state index in [9.17, 15) is 4.79 Å². The van der Waals surface area contributed by atoms with Crippen molar-refractivity contribution in [3.05, 3.63) is 60.2 Å². The molecule has 0 bridgehead atoms. The van der Waals surface area contributed by atoms with Gasteiger partial charge < -0.3 is 5.11 Å². The lowest BCUT2D eigenvalue weighted by atomic mass is 10.0. The number of carboxylic acids is 1. The average molecular weight is 286 g/mol. The molecule has 0 radical (unpaired) electrons.